The predicted octanol–water partition coefficient (Wildman–Crippen LogP) is 2.79. The summed E-state index contributed by atoms with van der Waals surface area (Å²) in [6, 6.07) is 7.31. The summed E-state index contributed by atoms with van der Waals surface area (Å²) >= 11 is 0. The minimum atomic E-state index is -0.313. The van der Waals surface area contributed by atoms with Crippen molar-refractivity contribution in [3.05, 3.63) is 43.0 Å². The quantitative estimate of drug-likeness (QED) is 0.438. The lowest BCUT2D eigenvalue weighted by molar-refractivity contribution is -0.124. The minimum absolute atomic E-state index is 0.0752. The standard InChI is InChI=1S/C21H24N8O2/c1-21(2,3)28-16(30)11-31-15-7-5-6-13(8-15)18-26-19-17(29(4)12-22-19)20(27-18)25-14-9-23-24-10-14/h5-10,12H,11H2,1-4H3,(H,23,24)(H,28,30)(H,25,26,27). The molecule has 3 heterocycles. The van der Waals surface area contributed by atoms with E-state index < -0.39 is 0 Å². The molecule has 0 saturated heterocycles. The number of benzene rings is 1. The van der Waals surface area contributed by atoms with Gasteiger partial charge in [-0.05, 0) is 32.9 Å². The van der Waals surface area contributed by atoms with Crippen LogP contribution in [0.25, 0.3) is 22.6 Å². The summed E-state index contributed by atoms with van der Waals surface area (Å²) in [5.74, 6) is 1.46. The van der Waals surface area contributed by atoms with Crippen LogP contribution in [0.2, 0.25) is 0 Å². The molecule has 0 saturated carbocycles. The summed E-state index contributed by atoms with van der Waals surface area (Å²) in [6.07, 6.45) is 5.10. The second-order valence-corrected chi connectivity index (χ2v) is 8.15. The van der Waals surface area contributed by atoms with E-state index in [1.807, 2.05) is 44.5 Å². The van der Waals surface area contributed by atoms with E-state index in [4.69, 9.17) is 9.72 Å². The van der Waals surface area contributed by atoms with Crippen LogP contribution in [0.15, 0.2) is 43.0 Å². The first kappa shape index (κ1) is 20.3. The Balaban J connectivity index is 1.61. The van der Waals surface area contributed by atoms with Crippen molar-refractivity contribution in [3.63, 3.8) is 0 Å². The Morgan fingerprint density at radius 2 is 2.10 bits per heavy atom. The van der Waals surface area contributed by atoms with Gasteiger partial charge in [0, 0.05) is 24.3 Å². The number of H-pyrrole nitrogens is 1. The van der Waals surface area contributed by atoms with Crippen LogP contribution in [-0.4, -0.2) is 47.8 Å². The molecule has 0 aliphatic heterocycles. The fourth-order valence-electron chi connectivity index (χ4n) is 3.06. The molecular weight excluding hydrogens is 396 g/mol. The Kier molecular flexibility index (Phi) is 5.28. The molecule has 0 fully saturated rings. The number of hydrogen-bond donors (Lipinski definition) is 3. The van der Waals surface area contributed by atoms with Gasteiger partial charge in [0.25, 0.3) is 5.91 Å². The van der Waals surface area contributed by atoms with E-state index in [-0.39, 0.29) is 18.1 Å². The molecule has 0 aliphatic rings. The molecule has 10 heteroatoms. The summed E-state index contributed by atoms with van der Waals surface area (Å²) in [7, 11) is 1.88. The summed E-state index contributed by atoms with van der Waals surface area (Å²) in [4.78, 5) is 25.7. The molecule has 0 atom stereocenters. The SMILES string of the molecule is Cn1cnc2nc(-c3cccc(OCC(=O)NC(C)(C)C)c3)nc(Nc3cn[nH]c3)c21. The van der Waals surface area contributed by atoms with Gasteiger partial charge in [-0.15, -0.1) is 0 Å². The number of aromatic amines is 1. The number of hydrogen-bond acceptors (Lipinski definition) is 7. The molecule has 0 aliphatic carbocycles. The topological polar surface area (TPSA) is 123 Å². The second-order valence-electron chi connectivity index (χ2n) is 8.15. The molecule has 3 N–H and O–H groups in total. The van der Waals surface area contributed by atoms with Crippen molar-refractivity contribution in [2.45, 2.75) is 26.3 Å². The molecule has 0 radical (unpaired) electrons. The zero-order valence-electron chi connectivity index (χ0n) is 17.8. The normalized spacial score (nSPS) is 11.5. The highest BCUT2D eigenvalue weighted by molar-refractivity contribution is 5.87. The number of aryl methyl sites for hydroxylation is 1. The molecule has 0 unspecified atom stereocenters. The van der Waals surface area contributed by atoms with Gasteiger partial charge in [0.05, 0.1) is 18.2 Å². The highest BCUT2D eigenvalue weighted by Gasteiger charge is 2.16. The van der Waals surface area contributed by atoms with Crippen molar-refractivity contribution in [2.75, 3.05) is 11.9 Å². The first-order valence-corrected chi connectivity index (χ1v) is 9.77. The number of nitrogens with zero attached hydrogens (tertiary/aromatic N) is 5. The van der Waals surface area contributed by atoms with Crippen molar-refractivity contribution in [1.29, 1.82) is 0 Å². The highest BCUT2D eigenvalue weighted by Crippen LogP contribution is 2.28. The highest BCUT2D eigenvalue weighted by atomic mass is 16.5. The maximum absolute atomic E-state index is 12.0. The number of amides is 1. The van der Waals surface area contributed by atoms with Gasteiger partial charge in [-0.1, -0.05) is 12.1 Å². The number of nitrogens with one attached hydrogen (secondary N) is 3. The van der Waals surface area contributed by atoms with Gasteiger partial charge in [0.1, 0.15) is 11.3 Å². The first-order chi connectivity index (χ1) is 14.8. The van der Waals surface area contributed by atoms with E-state index in [9.17, 15) is 4.79 Å². The molecule has 1 amide bonds. The third-order valence-electron chi connectivity index (χ3n) is 4.31. The maximum Gasteiger partial charge on any atom is 0.258 e. The monoisotopic (exact) mass is 420 g/mol. The van der Waals surface area contributed by atoms with Gasteiger partial charge in [-0.3, -0.25) is 9.89 Å². The summed E-state index contributed by atoms with van der Waals surface area (Å²) < 4.78 is 7.52. The average Bonchev–Trinajstić information content (AvgIpc) is 3.35. The van der Waals surface area contributed by atoms with Gasteiger partial charge >= 0.3 is 0 Å². The Morgan fingerprint density at radius 3 is 2.84 bits per heavy atom. The van der Waals surface area contributed by atoms with Gasteiger partial charge < -0.3 is 19.9 Å². The average molecular weight is 420 g/mol. The molecule has 4 aromatic rings. The predicted molar refractivity (Wildman–Crippen MR) is 117 cm³/mol. The fraction of sp³-hybridized carbons (Fsp3) is 0.286. The lowest BCUT2D eigenvalue weighted by Gasteiger charge is -2.20. The smallest absolute Gasteiger partial charge is 0.258 e. The Morgan fingerprint density at radius 1 is 1.26 bits per heavy atom. The van der Waals surface area contributed by atoms with Crippen LogP contribution < -0.4 is 15.4 Å². The third kappa shape index (κ3) is 4.80. The van der Waals surface area contributed by atoms with Crippen molar-refractivity contribution in [3.8, 4) is 17.1 Å². The molecule has 1 aromatic carbocycles. The Hall–Kier alpha value is -3.95. The minimum Gasteiger partial charge on any atom is -0.484 e. The number of anilines is 2. The van der Waals surface area contributed by atoms with E-state index in [2.05, 4.69) is 30.8 Å². The Bertz CT molecular complexity index is 1210. The van der Waals surface area contributed by atoms with Gasteiger partial charge in [0.2, 0.25) is 0 Å². The third-order valence-corrected chi connectivity index (χ3v) is 4.31. The molecule has 0 bridgehead atoms. The van der Waals surface area contributed by atoms with Crippen molar-refractivity contribution in [1.82, 2.24) is 35.0 Å². The molecule has 3 aromatic heterocycles. The van der Waals surface area contributed by atoms with Gasteiger partial charge in [0.15, 0.2) is 23.9 Å². The van der Waals surface area contributed by atoms with Crippen LogP contribution in [0.1, 0.15) is 20.8 Å². The number of ether oxygens (including phenoxy) is 1. The van der Waals surface area contributed by atoms with Gasteiger partial charge in [-0.2, -0.15) is 5.10 Å². The van der Waals surface area contributed by atoms with E-state index >= 15 is 0 Å². The van der Waals surface area contributed by atoms with E-state index in [1.54, 1.807) is 30.9 Å². The number of fused-ring (bicyclic) bond motifs is 1. The van der Waals surface area contributed by atoms with Crippen LogP contribution in [0, 0.1) is 0 Å². The summed E-state index contributed by atoms with van der Waals surface area (Å²) in [5.41, 5.74) is 2.54. The maximum atomic E-state index is 12.0. The molecular formula is C21H24N8O2. The summed E-state index contributed by atoms with van der Waals surface area (Å²) in [5, 5.41) is 12.8. The largest absolute Gasteiger partial charge is 0.484 e. The molecule has 4 rings (SSSR count). The number of imidazole rings is 1. The van der Waals surface area contributed by atoms with E-state index in [0.717, 1.165) is 16.8 Å². The number of aromatic nitrogens is 6. The molecule has 10 nitrogen and oxygen atoms in total. The Labute approximate surface area is 179 Å². The lowest BCUT2D eigenvalue weighted by atomic mass is 10.1. The molecule has 31 heavy (non-hydrogen) atoms. The summed E-state index contributed by atoms with van der Waals surface area (Å²) in [6.45, 7) is 5.69. The zero-order valence-corrected chi connectivity index (χ0v) is 17.8. The lowest BCUT2D eigenvalue weighted by Crippen LogP contribution is -2.43. The second kappa shape index (κ2) is 8.05. The van der Waals surface area contributed by atoms with Crippen molar-refractivity contribution < 1.29 is 9.53 Å². The van der Waals surface area contributed by atoms with E-state index in [0.29, 0.717) is 23.0 Å². The van der Waals surface area contributed by atoms with Crippen LogP contribution in [-0.2, 0) is 11.8 Å². The van der Waals surface area contributed by atoms with Crippen LogP contribution in [0.3, 0.4) is 0 Å². The van der Waals surface area contributed by atoms with Crippen LogP contribution >= 0.6 is 0 Å². The van der Waals surface area contributed by atoms with Crippen LogP contribution in [0.5, 0.6) is 5.75 Å². The van der Waals surface area contributed by atoms with Gasteiger partial charge in [-0.25, -0.2) is 15.0 Å². The van der Waals surface area contributed by atoms with Crippen molar-refractivity contribution in [2.24, 2.45) is 7.05 Å². The number of carbonyl (C=O) groups is 1. The van der Waals surface area contributed by atoms with Crippen molar-refractivity contribution >= 4 is 28.6 Å². The fourth-order valence-corrected chi connectivity index (χ4v) is 3.06. The van der Waals surface area contributed by atoms with E-state index in [1.165, 1.54) is 0 Å². The first-order valence-electron chi connectivity index (χ1n) is 9.77. The molecule has 160 valence electrons. The molecule has 0 spiro atoms. The van der Waals surface area contributed by atoms with Crippen LogP contribution in [0.4, 0.5) is 11.5 Å². The zero-order chi connectivity index (χ0) is 22.0. The number of carbonyl (C=O) groups excluding carboxylic acids is 1. The number of rotatable bonds is 6.